The number of rotatable bonds is 8. The lowest BCUT2D eigenvalue weighted by Crippen LogP contribution is -2.03. The van der Waals surface area contributed by atoms with Crippen LogP contribution in [0.4, 0.5) is 0 Å². The fraction of sp³-hybridized carbons (Fsp3) is 0.412. The van der Waals surface area contributed by atoms with Crippen LogP contribution in [0, 0.1) is 6.92 Å². The van der Waals surface area contributed by atoms with E-state index in [9.17, 15) is 4.79 Å². The van der Waals surface area contributed by atoms with E-state index in [0.717, 1.165) is 31.4 Å². The summed E-state index contributed by atoms with van der Waals surface area (Å²) < 4.78 is 5.19. The van der Waals surface area contributed by atoms with Gasteiger partial charge in [0.25, 0.3) is 0 Å². The molecule has 0 N–H and O–H groups in total. The number of ketones is 1. The molecule has 0 atom stereocenters. The van der Waals surface area contributed by atoms with Gasteiger partial charge in [-0.15, -0.1) is 0 Å². The lowest BCUT2D eigenvalue weighted by atomic mass is 10.0. The highest BCUT2D eigenvalue weighted by molar-refractivity contribution is 5.79. The predicted octanol–water partition coefficient (Wildman–Crippen LogP) is 3.90. The second-order valence-corrected chi connectivity index (χ2v) is 5.14. The summed E-state index contributed by atoms with van der Waals surface area (Å²) in [5.74, 6) is 0.753. The molecule has 1 heterocycles. The molecule has 3 nitrogen and oxygen atoms in total. The number of oxazole rings is 1. The second-order valence-electron chi connectivity index (χ2n) is 5.14. The minimum atomic E-state index is 0.214. The first-order valence-electron chi connectivity index (χ1n) is 7.20. The van der Waals surface area contributed by atoms with E-state index in [1.165, 1.54) is 5.56 Å². The van der Waals surface area contributed by atoms with Crippen molar-refractivity contribution < 1.29 is 9.21 Å². The van der Waals surface area contributed by atoms with Crippen molar-refractivity contribution in [2.45, 2.75) is 45.4 Å². The van der Waals surface area contributed by atoms with E-state index in [2.05, 4.69) is 29.2 Å². The molecule has 20 heavy (non-hydrogen) atoms. The number of hydrogen-bond acceptors (Lipinski definition) is 3. The van der Waals surface area contributed by atoms with Crippen LogP contribution in [-0.2, 0) is 17.6 Å². The van der Waals surface area contributed by atoms with E-state index >= 15 is 0 Å². The lowest BCUT2D eigenvalue weighted by Gasteiger charge is -2.01. The van der Waals surface area contributed by atoms with E-state index in [4.69, 9.17) is 4.42 Å². The summed E-state index contributed by atoms with van der Waals surface area (Å²) in [4.78, 5) is 15.9. The monoisotopic (exact) mass is 271 g/mol. The van der Waals surface area contributed by atoms with E-state index in [0.29, 0.717) is 18.7 Å². The van der Waals surface area contributed by atoms with Gasteiger partial charge in [-0.2, -0.15) is 0 Å². The first-order chi connectivity index (χ1) is 9.74. The molecule has 0 aliphatic heterocycles. The molecule has 106 valence electrons. The zero-order valence-corrected chi connectivity index (χ0v) is 12.0. The average Bonchev–Trinajstić information content (AvgIpc) is 2.85. The van der Waals surface area contributed by atoms with Gasteiger partial charge in [-0.3, -0.25) is 4.79 Å². The maximum absolute atomic E-state index is 11.8. The quantitative estimate of drug-likeness (QED) is 0.684. The minimum absolute atomic E-state index is 0.214. The summed E-state index contributed by atoms with van der Waals surface area (Å²) in [5.41, 5.74) is 2.20. The van der Waals surface area contributed by atoms with Crippen LogP contribution in [0.5, 0.6) is 0 Å². The highest BCUT2D eigenvalue weighted by Gasteiger charge is 2.08. The summed E-state index contributed by atoms with van der Waals surface area (Å²) in [5, 5.41) is 0. The van der Waals surface area contributed by atoms with E-state index in [-0.39, 0.29) is 5.78 Å². The molecule has 0 bridgehead atoms. The van der Waals surface area contributed by atoms with Gasteiger partial charge in [0.05, 0.1) is 12.1 Å². The summed E-state index contributed by atoms with van der Waals surface area (Å²) in [6, 6.07) is 10.5. The highest BCUT2D eigenvalue weighted by atomic mass is 16.3. The maximum atomic E-state index is 11.8. The number of unbranched alkanes of at least 4 members (excludes halogenated alkanes) is 2. The summed E-state index contributed by atoms with van der Waals surface area (Å²) in [6.07, 6.45) is 6.80. The molecule has 0 aliphatic rings. The molecule has 1 aromatic heterocycles. The third-order valence-electron chi connectivity index (χ3n) is 3.28. The Morgan fingerprint density at radius 1 is 1.15 bits per heavy atom. The van der Waals surface area contributed by atoms with E-state index in [1.807, 2.05) is 13.0 Å². The first-order valence-corrected chi connectivity index (χ1v) is 7.20. The van der Waals surface area contributed by atoms with E-state index < -0.39 is 0 Å². The predicted molar refractivity (Wildman–Crippen MR) is 78.6 cm³/mol. The molecule has 0 amide bonds. The number of hydrogen-bond donors (Lipinski definition) is 0. The zero-order chi connectivity index (χ0) is 14.2. The fourth-order valence-electron chi connectivity index (χ4n) is 2.21. The van der Waals surface area contributed by atoms with Gasteiger partial charge in [-0.1, -0.05) is 36.8 Å². The molecule has 0 saturated heterocycles. The topological polar surface area (TPSA) is 43.1 Å². The number of nitrogens with zero attached hydrogens (tertiary/aromatic N) is 1. The summed E-state index contributed by atoms with van der Waals surface area (Å²) >= 11 is 0. The largest absolute Gasteiger partial charge is 0.448 e. The van der Waals surface area contributed by atoms with Gasteiger partial charge in [-0.25, -0.2) is 4.98 Å². The number of aromatic nitrogens is 1. The van der Waals surface area contributed by atoms with Gasteiger partial charge in [0.1, 0.15) is 12.0 Å². The van der Waals surface area contributed by atoms with Crippen LogP contribution >= 0.6 is 0 Å². The molecule has 0 radical (unpaired) electrons. The third-order valence-corrected chi connectivity index (χ3v) is 3.28. The van der Waals surface area contributed by atoms with Crippen molar-refractivity contribution in [3.63, 3.8) is 0 Å². The Balaban J connectivity index is 1.58. The van der Waals surface area contributed by atoms with Crippen molar-refractivity contribution in [2.75, 3.05) is 0 Å². The van der Waals surface area contributed by atoms with Gasteiger partial charge in [-0.05, 0) is 31.7 Å². The number of benzene rings is 1. The summed E-state index contributed by atoms with van der Waals surface area (Å²) in [6.45, 7) is 1.86. The van der Waals surface area contributed by atoms with Crippen molar-refractivity contribution in [1.29, 1.82) is 0 Å². The molecule has 0 spiro atoms. The third kappa shape index (κ3) is 5.00. The Labute approximate surface area is 120 Å². The van der Waals surface area contributed by atoms with Gasteiger partial charge in [0, 0.05) is 6.42 Å². The fourth-order valence-corrected chi connectivity index (χ4v) is 2.21. The van der Waals surface area contributed by atoms with Crippen LogP contribution in [0.3, 0.4) is 0 Å². The van der Waals surface area contributed by atoms with Crippen molar-refractivity contribution in [1.82, 2.24) is 4.98 Å². The molecule has 1 aromatic carbocycles. The molecule has 3 heteroatoms. The van der Waals surface area contributed by atoms with Crippen molar-refractivity contribution in [3.05, 3.63) is 53.7 Å². The van der Waals surface area contributed by atoms with Crippen LogP contribution in [-0.4, -0.2) is 10.8 Å². The molecule has 0 fully saturated rings. The highest BCUT2D eigenvalue weighted by Crippen LogP contribution is 2.09. The molecule has 0 aliphatic carbocycles. The zero-order valence-electron chi connectivity index (χ0n) is 12.0. The normalized spacial score (nSPS) is 10.7. The van der Waals surface area contributed by atoms with Crippen LogP contribution < -0.4 is 0 Å². The minimum Gasteiger partial charge on any atom is -0.448 e. The average molecular weight is 271 g/mol. The number of aryl methyl sites for hydroxylation is 2. The van der Waals surface area contributed by atoms with Gasteiger partial charge >= 0.3 is 0 Å². The Bertz CT molecular complexity index is 531. The molecule has 0 unspecified atom stereocenters. The Hall–Kier alpha value is -1.90. The van der Waals surface area contributed by atoms with Crippen molar-refractivity contribution in [2.24, 2.45) is 0 Å². The maximum Gasteiger partial charge on any atom is 0.201 e. The van der Waals surface area contributed by atoms with Crippen LogP contribution in [0.15, 0.2) is 41.0 Å². The van der Waals surface area contributed by atoms with Crippen LogP contribution in [0.1, 0.15) is 42.8 Å². The number of carbonyl (C=O) groups is 1. The Morgan fingerprint density at radius 2 is 1.95 bits per heavy atom. The smallest absolute Gasteiger partial charge is 0.201 e. The van der Waals surface area contributed by atoms with Crippen molar-refractivity contribution in [3.8, 4) is 0 Å². The molecular formula is C17H21NO2. The van der Waals surface area contributed by atoms with Crippen LogP contribution in [0.2, 0.25) is 0 Å². The standard InChI is InChI=1S/C17H21NO2/c1-14-13-20-17(18-14)12-16(19)11-7-3-6-10-15-8-4-2-5-9-15/h2,4-5,8-9,13H,3,6-7,10-12H2,1H3. The Kier molecular flexibility index (Phi) is 5.54. The van der Waals surface area contributed by atoms with Gasteiger partial charge in [0.15, 0.2) is 0 Å². The van der Waals surface area contributed by atoms with Gasteiger partial charge < -0.3 is 4.42 Å². The number of Topliss-reactive ketones (excluding diaryl/α,β-unsaturated/α-hetero) is 1. The van der Waals surface area contributed by atoms with Crippen molar-refractivity contribution >= 4 is 5.78 Å². The van der Waals surface area contributed by atoms with E-state index in [1.54, 1.807) is 6.26 Å². The first kappa shape index (κ1) is 14.5. The molecular weight excluding hydrogens is 250 g/mol. The molecule has 2 rings (SSSR count). The lowest BCUT2D eigenvalue weighted by molar-refractivity contribution is -0.118. The molecule has 2 aromatic rings. The SMILES string of the molecule is Cc1coc(CC(=O)CCCCCc2ccccc2)n1. The second kappa shape index (κ2) is 7.63. The van der Waals surface area contributed by atoms with Crippen LogP contribution in [0.25, 0.3) is 0 Å². The summed E-state index contributed by atoms with van der Waals surface area (Å²) in [7, 11) is 0. The molecule has 0 saturated carbocycles. The van der Waals surface area contributed by atoms with Gasteiger partial charge in [0.2, 0.25) is 5.89 Å². The number of carbonyl (C=O) groups excluding carboxylic acids is 1. The Morgan fingerprint density at radius 3 is 2.65 bits per heavy atom.